The zero-order chi connectivity index (χ0) is 11.0. The van der Waals surface area contributed by atoms with Gasteiger partial charge >= 0.3 is 0 Å². The summed E-state index contributed by atoms with van der Waals surface area (Å²) in [7, 11) is 0. The first-order valence-corrected chi connectivity index (χ1v) is 6.13. The van der Waals surface area contributed by atoms with E-state index in [1.54, 1.807) is 0 Å². The smallest absolute Gasteiger partial charge is 0.0192 e. The first-order valence-electron chi connectivity index (χ1n) is 6.13. The van der Waals surface area contributed by atoms with Gasteiger partial charge in [-0.15, -0.1) is 0 Å². The topological polar surface area (TPSA) is 15.3 Å². The lowest BCUT2D eigenvalue weighted by molar-refractivity contribution is 0.221. The number of likely N-dealkylation sites (N-methyl/N-ethyl adjacent to an activating group) is 1. The first kappa shape index (κ1) is 13.9. The van der Waals surface area contributed by atoms with Gasteiger partial charge in [0.15, 0.2) is 0 Å². The molecular formula is C12H28N2. The molecule has 0 aliphatic rings. The fraction of sp³-hybridized carbons (Fsp3) is 1.00. The monoisotopic (exact) mass is 200 g/mol. The number of hydrogen-bond acceptors (Lipinski definition) is 2. The Balaban J connectivity index is 3.65. The summed E-state index contributed by atoms with van der Waals surface area (Å²) in [6.07, 6.45) is 2.55. The fourth-order valence-electron chi connectivity index (χ4n) is 1.88. The molecule has 0 aromatic rings. The lowest BCUT2D eigenvalue weighted by atomic mass is 10.2. The Bertz CT molecular complexity index is 121. The van der Waals surface area contributed by atoms with Crippen LogP contribution >= 0.6 is 0 Å². The Hall–Kier alpha value is -0.0800. The molecule has 0 saturated carbocycles. The van der Waals surface area contributed by atoms with Gasteiger partial charge in [0.1, 0.15) is 0 Å². The van der Waals surface area contributed by atoms with Gasteiger partial charge in [0.05, 0.1) is 0 Å². The van der Waals surface area contributed by atoms with Crippen LogP contribution in [0.3, 0.4) is 0 Å². The maximum absolute atomic E-state index is 3.59. The van der Waals surface area contributed by atoms with Crippen LogP contribution in [0.5, 0.6) is 0 Å². The summed E-state index contributed by atoms with van der Waals surface area (Å²) in [5.74, 6) is 0. The highest BCUT2D eigenvalue weighted by atomic mass is 15.2. The third-order valence-electron chi connectivity index (χ3n) is 2.92. The summed E-state index contributed by atoms with van der Waals surface area (Å²) >= 11 is 0. The highest BCUT2D eigenvalue weighted by Crippen LogP contribution is 1.99. The van der Waals surface area contributed by atoms with Crippen molar-refractivity contribution in [2.24, 2.45) is 0 Å². The number of rotatable bonds is 8. The molecule has 2 unspecified atom stereocenters. The van der Waals surface area contributed by atoms with Crippen LogP contribution in [0.2, 0.25) is 0 Å². The van der Waals surface area contributed by atoms with Crippen LogP contribution in [0.15, 0.2) is 0 Å². The van der Waals surface area contributed by atoms with Gasteiger partial charge in [-0.3, -0.25) is 4.90 Å². The normalized spacial score (nSPS) is 15.9. The summed E-state index contributed by atoms with van der Waals surface area (Å²) in [5.41, 5.74) is 0. The average molecular weight is 200 g/mol. The van der Waals surface area contributed by atoms with Crippen molar-refractivity contribution in [1.82, 2.24) is 10.2 Å². The maximum atomic E-state index is 3.59. The van der Waals surface area contributed by atoms with Crippen LogP contribution in [-0.4, -0.2) is 36.6 Å². The molecule has 0 bridgehead atoms. The van der Waals surface area contributed by atoms with E-state index in [0.717, 1.165) is 19.6 Å². The van der Waals surface area contributed by atoms with E-state index in [1.165, 1.54) is 12.8 Å². The molecule has 2 heteroatoms. The third-order valence-corrected chi connectivity index (χ3v) is 2.92. The van der Waals surface area contributed by atoms with Crippen molar-refractivity contribution >= 4 is 0 Å². The van der Waals surface area contributed by atoms with E-state index in [2.05, 4.69) is 44.8 Å². The minimum absolute atomic E-state index is 0.657. The summed E-state index contributed by atoms with van der Waals surface area (Å²) in [4.78, 5) is 2.49. The SMILES string of the molecule is CCCC(C)NCC(C)N(CC)CC. The minimum Gasteiger partial charge on any atom is -0.313 e. The standard InChI is InChI=1S/C12H28N2/c1-6-9-11(4)13-10-12(5)14(7-2)8-3/h11-13H,6-10H2,1-5H3. The van der Waals surface area contributed by atoms with Crippen LogP contribution in [0.4, 0.5) is 0 Å². The van der Waals surface area contributed by atoms with Crippen LogP contribution in [0, 0.1) is 0 Å². The van der Waals surface area contributed by atoms with Crippen LogP contribution in [0.25, 0.3) is 0 Å². The molecule has 0 fully saturated rings. The Morgan fingerprint density at radius 3 is 2.07 bits per heavy atom. The van der Waals surface area contributed by atoms with E-state index in [4.69, 9.17) is 0 Å². The fourth-order valence-corrected chi connectivity index (χ4v) is 1.88. The quantitative estimate of drug-likeness (QED) is 0.647. The Kier molecular flexibility index (Phi) is 8.20. The molecule has 0 aromatic heterocycles. The number of hydrogen-bond donors (Lipinski definition) is 1. The van der Waals surface area contributed by atoms with E-state index in [9.17, 15) is 0 Å². The molecule has 0 spiro atoms. The van der Waals surface area contributed by atoms with Crippen LogP contribution in [-0.2, 0) is 0 Å². The molecule has 0 amide bonds. The largest absolute Gasteiger partial charge is 0.313 e. The highest BCUT2D eigenvalue weighted by Gasteiger charge is 2.10. The summed E-state index contributed by atoms with van der Waals surface area (Å²) in [6.45, 7) is 14.7. The molecule has 14 heavy (non-hydrogen) atoms. The molecular weight excluding hydrogens is 172 g/mol. The molecule has 2 atom stereocenters. The summed E-state index contributed by atoms with van der Waals surface area (Å²) in [5, 5.41) is 3.59. The molecule has 0 heterocycles. The molecule has 86 valence electrons. The van der Waals surface area contributed by atoms with Crippen molar-refractivity contribution in [3.05, 3.63) is 0 Å². The second kappa shape index (κ2) is 8.25. The van der Waals surface area contributed by atoms with Crippen LogP contribution < -0.4 is 5.32 Å². The zero-order valence-electron chi connectivity index (χ0n) is 10.6. The Morgan fingerprint density at radius 2 is 1.64 bits per heavy atom. The van der Waals surface area contributed by atoms with Gasteiger partial charge in [-0.25, -0.2) is 0 Å². The zero-order valence-corrected chi connectivity index (χ0v) is 10.6. The molecule has 0 aliphatic heterocycles. The van der Waals surface area contributed by atoms with Crippen molar-refractivity contribution in [2.75, 3.05) is 19.6 Å². The van der Waals surface area contributed by atoms with Crippen molar-refractivity contribution in [3.8, 4) is 0 Å². The Labute approximate surface area is 90.1 Å². The number of nitrogens with zero attached hydrogens (tertiary/aromatic N) is 1. The average Bonchev–Trinajstić information content (AvgIpc) is 2.17. The predicted molar refractivity (Wildman–Crippen MR) is 64.8 cm³/mol. The van der Waals surface area contributed by atoms with Gasteiger partial charge in [0.2, 0.25) is 0 Å². The molecule has 0 radical (unpaired) electrons. The minimum atomic E-state index is 0.657. The molecule has 0 aromatic carbocycles. The van der Waals surface area contributed by atoms with Gasteiger partial charge in [0.25, 0.3) is 0 Å². The molecule has 2 nitrogen and oxygen atoms in total. The van der Waals surface area contributed by atoms with Crippen molar-refractivity contribution in [3.63, 3.8) is 0 Å². The maximum Gasteiger partial charge on any atom is 0.0192 e. The van der Waals surface area contributed by atoms with Crippen molar-refractivity contribution in [2.45, 2.75) is 59.5 Å². The van der Waals surface area contributed by atoms with E-state index >= 15 is 0 Å². The van der Waals surface area contributed by atoms with Crippen LogP contribution in [0.1, 0.15) is 47.5 Å². The molecule has 0 saturated heterocycles. The number of nitrogens with one attached hydrogen (secondary N) is 1. The van der Waals surface area contributed by atoms with E-state index in [0.29, 0.717) is 12.1 Å². The lowest BCUT2D eigenvalue weighted by Gasteiger charge is -2.27. The van der Waals surface area contributed by atoms with E-state index < -0.39 is 0 Å². The molecule has 0 aliphatic carbocycles. The van der Waals surface area contributed by atoms with Gasteiger partial charge < -0.3 is 5.32 Å². The highest BCUT2D eigenvalue weighted by molar-refractivity contribution is 4.70. The molecule has 1 N–H and O–H groups in total. The van der Waals surface area contributed by atoms with Gasteiger partial charge in [-0.2, -0.15) is 0 Å². The Morgan fingerprint density at radius 1 is 1.07 bits per heavy atom. The second-order valence-electron chi connectivity index (χ2n) is 4.17. The summed E-state index contributed by atoms with van der Waals surface area (Å²) in [6, 6.07) is 1.32. The van der Waals surface area contributed by atoms with E-state index in [1.807, 2.05) is 0 Å². The second-order valence-corrected chi connectivity index (χ2v) is 4.17. The van der Waals surface area contributed by atoms with Gasteiger partial charge in [-0.1, -0.05) is 27.2 Å². The molecule has 0 rings (SSSR count). The first-order chi connectivity index (χ1) is 6.65. The van der Waals surface area contributed by atoms with Crippen molar-refractivity contribution < 1.29 is 0 Å². The third kappa shape index (κ3) is 5.61. The van der Waals surface area contributed by atoms with E-state index in [-0.39, 0.29) is 0 Å². The van der Waals surface area contributed by atoms with Gasteiger partial charge in [-0.05, 0) is 33.4 Å². The predicted octanol–water partition coefficient (Wildman–Crippen LogP) is 2.49. The lowest BCUT2D eigenvalue weighted by Crippen LogP contribution is -2.42. The van der Waals surface area contributed by atoms with Crippen molar-refractivity contribution in [1.29, 1.82) is 0 Å². The summed E-state index contributed by atoms with van der Waals surface area (Å²) < 4.78 is 0. The van der Waals surface area contributed by atoms with Gasteiger partial charge in [0, 0.05) is 18.6 Å².